The highest BCUT2D eigenvalue weighted by atomic mass is 16.5. The van der Waals surface area contributed by atoms with Gasteiger partial charge in [0.05, 0.1) is 0 Å². The van der Waals surface area contributed by atoms with Crippen molar-refractivity contribution in [3.05, 3.63) is 42.5 Å². The van der Waals surface area contributed by atoms with Crippen molar-refractivity contribution in [3.63, 3.8) is 0 Å². The van der Waals surface area contributed by atoms with E-state index < -0.39 is 6.03 Å². The minimum Gasteiger partial charge on any atom is -0.359 e. The highest BCUT2D eigenvalue weighted by Gasteiger charge is 2.20. The number of hydrogen-bond acceptors (Lipinski definition) is 7. The Morgan fingerprint density at radius 3 is 2.03 bits per heavy atom. The van der Waals surface area contributed by atoms with Gasteiger partial charge in [-0.05, 0) is 32.9 Å². The molecule has 0 atom stereocenters. The maximum Gasteiger partial charge on any atom is 0.326 e. The van der Waals surface area contributed by atoms with E-state index in [0.29, 0.717) is 23.3 Å². The molecule has 0 bridgehead atoms. The molecule has 0 aromatic carbocycles. The largest absolute Gasteiger partial charge is 0.359 e. The van der Waals surface area contributed by atoms with E-state index in [0.717, 1.165) is 11.1 Å². The fourth-order valence-corrected chi connectivity index (χ4v) is 2.47. The van der Waals surface area contributed by atoms with Crippen LogP contribution < -0.4 is 16.0 Å². The van der Waals surface area contributed by atoms with Gasteiger partial charge >= 0.3 is 6.03 Å². The molecule has 3 N–H and O–H groups in total. The summed E-state index contributed by atoms with van der Waals surface area (Å²) in [5, 5.41) is 12.4. The third-order valence-electron chi connectivity index (χ3n) is 3.97. The zero-order valence-electron chi connectivity index (χ0n) is 18.1. The van der Waals surface area contributed by atoms with E-state index in [4.69, 9.17) is 4.52 Å². The Labute approximate surface area is 175 Å². The van der Waals surface area contributed by atoms with Crippen LogP contribution in [-0.4, -0.2) is 31.7 Å². The van der Waals surface area contributed by atoms with E-state index in [1.165, 1.54) is 0 Å². The van der Waals surface area contributed by atoms with Crippen LogP contribution in [0.2, 0.25) is 0 Å². The summed E-state index contributed by atoms with van der Waals surface area (Å²) in [5.41, 5.74) is 1.37. The predicted molar refractivity (Wildman–Crippen MR) is 116 cm³/mol. The third-order valence-corrected chi connectivity index (χ3v) is 3.97. The molecule has 0 saturated carbocycles. The fraction of sp³-hybridized carbons (Fsp3) is 0.381. The lowest BCUT2D eigenvalue weighted by molar-refractivity contribution is 0.261. The molecule has 9 nitrogen and oxygen atoms in total. The van der Waals surface area contributed by atoms with Crippen molar-refractivity contribution in [2.24, 2.45) is 0 Å². The van der Waals surface area contributed by atoms with Crippen molar-refractivity contribution in [3.8, 4) is 11.1 Å². The van der Waals surface area contributed by atoms with Gasteiger partial charge in [-0.3, -0.25) is 10.6 Å². The molecule has 3 rings (SSSR count). The summed E-state index contributed by atoms with van der Waals surface area (Å²) < 4.78 is 5.26. The van der Waals surface area contributed by atoms with Crippen LogP contribution in [0.3, 0.4) is 0 Å². The number of anilines is 3. The van der Waals surface area contributed by atoms with Gasteiger partial charge in [0, 0.05) is 46.7 Å². The van der Waals surface area contributed by atoms with Crippen LogP contribution in [0, 0.1) is 0 Å². The van der Waals surface area contributed by atoms with E-state index in [9.17, 15) is 4.79 Å². The van der Waals surface area contributed by atoms with E-state index in [1.54, 1.807) is 30.7 Å². The first-order valence-electron chi connectivity index (χ1n) is 9.61. The van der Waals surface area contributed by atoms with Gasteiger partial charge < -0.3 is 9.84 Å². The van der Waals surface area contributed by atoms with Gasteiger partial charge in [-0.2, -0.15) is 0 Å². The minimum atomic E-state index is -0.454. The maximum atomic E-state index is 12.2. The average molecular weight is 409 g/mol. The molecule has 9 heteroatoms. The van der Waals surface area contributed by atoms with Crippen molar-refractivity contribution in [1.82, 2.24) is 20.1 Å². The Morgan fingerprint density at radius 1 is 0.867 bits per heavy atom. The van der Waals surface area contributed by atoms with Crippen LogP contribution in [0.25, 0.3) is 11.1 Å². The van der Waals surface area contributed by atoms with Crippen molar-refractivity contribution < 1.29 is 9.32 Å². The second kappa shape index (κ2) is 8.10. The second-order valence-electron chi connectivity index (χ2n) is 9.01. The Kier molecular flexibility index (Phi) is 5.73. The summed E-state index contributed by atoms with van der Waals surface area (Å²) in [6, 6.07) is 4.80. The lowest BCUT2D eigenvalue weighted by atomic mass is 9.93. The maximum absolute atomic E-state index is 12.2. The molecule has 3 aromatic rings. The molecule has 30 heavy (non-hydrogen) atoms. The molecule has 0 spiro atoms. The average Bonchev–Trinajstić information content (AvgIpc) is 3.10. The number of aromatic nitrogens is 4. The Hall–Kier alpha value is -3.49. The van der Waals surface area contributed by atoms with Gasteiger partial charge in [0.25, 0.3) is 0 Å². The van der Waals surface area contributed by atoms with Gasteiger partial charge in [-0.1, -0.05) is 25.9 Å². The van der Waals surface area contributed by atoms with Crippen molar-refractivity contribution in [2.45, 2.75) is 52.5 Å². The Balaban J connectivity index is 1.60. The lowest BCUT2D eigenvalue weighted by Gasteiger charge is -2.20. The number of nitrogens with one attached hydrogen (secondary N) is 3. The molecular formula is C21H27N7O2. The highest BCUT2D eigenvalue weighted by molar-refractivity contribution is 5.98. The zero-order chi connectivity index (χ0) is 21.9. The molecule has 158 valence electrons. The van der Waals surface area contributed by atoms with Gasteiger partial charge in [0.1, 0.15) is 11.6 Å². The topological polar surface area (TPSA) is 118 Å². The van der Waals surface area contributed by atoms with Crippen LogP contribution in [0.15, 0.2) is 41.3 Å². The molecule has 2 amide bonds. The molecule has 3 aromatic heterocycles. The number of carbonyl (C=O) groups excluding carboxylic acids is 1. The second-order valence-corrected chi connectivity index (χ2v) is 9.01. The van der Waals surface area contributed by atoms with Crippen LogP contribution in [0.5, 0.6) is 0 Å². The minimum absolute atomic E-state index is 0.114. The number of pyridine rings is 1. The third kappa shape index (κ3) is 5.76. The van der Waals surface area contributed by atoms with Crippen molar-refractivity contribution in [2.75, 3.05) is 16.0 Å². The summed E-state index contributed by atoms with van der Waals surface area (Å²) >= 11 is 0. The highest BCUT2D eigenvalue weighted by Crippen LogP contribution is 2.24. The molecule has 0 unspecified atom stereocenters. The number of hydrogen-bond donors (Lipinski definition) is 3. The van der Waals surface area contributed by atoms with Crippen molar-refractivity contribution >= 4 is 23.6 Å². The molecule has 0 aliphatic carbocycles. The predicted octanol–water partition coefficient (Wildman–Crippen LogP) is 4.68. The van der Waals surface area contributed by atoms with Crippen LogP contribution in [0.4, 0.5) is 22.4 Å². The van der Waals surface area contributed by atoms with Crippen LogP contribution in [0.1, 0.15) is 47.3 Å². The van der Waals surface area contributed by atoms with Crippen LogP contribution >= 0.6 is 0 Å². The van der Waals surface area contributed by atoms with Crippen molar-refractivity contribution in [1.29, 1.82) is 0 Å². The first kappa shape index (κ1) is 21.2. The summed E-state index contributed by atoms with van der Waals surface area (Å²) in [4.78, 5) is 25.1. The monoisotopic (exact) mass is 409 g/mol. The van der Waals surface area contributed by atoms with E-state index >= 15 is 0 Å². The molecule has 0 aliphatic rings. The Morgan fingerprint density at radius 2 is 1.50 bits per heavy atom. The molecule has 3 heterocycles. The number of amides is 2. The summed E-state index contributed by atoms with van der Waals surface area (Å²) in [6.45, 7) is 12.1. The molecule has 0 saturated heterocycles. The summed E-state index contributed by atoms with van der Waals surface area (Å²) in [5.74, 6) is 2.00. The first-order valence-corrected chi connectivity index (χ1v) is 9.61. The number of carbonyl (C=O) groups is 1. The van der Waals surface area contributed by atoms with E-state index in [-0.39, 0.29) is 11.0 Å². The smallest absolute Gasteiger partial charge is 0.326 e. The zero-order valence-corrected chi connectivity index (χ0v) is 18.1. The molecule has 0 fully saturated rings. The Bertz CT molecular complexity index is 998. The normalized spacial score (nSPS) is 11.8. The van der Waals surface area contributed by atoms with Gasteiger partial charge in [0.15, 0.2) is 5.82 Å². The van der Waals surface area contributed by atoms with Gasteiger partial charge in [-0.15, -0.1) is 0 Å². The number of urea groups is 1. The van der Waals surface area contributed by atoms with E-state index in [2.05, 4.69) is 36.1 Å². The quantitative estimate of drug-likeness (QED) is 0.572. The first-order chi connectivity index (χ1) is 14.0. The number of nitrogens with zero attached hydrogens (tertiary/aromatic N) is 4. The SMILES string of the molecule is CC(C)(C)Nc1ncc(-c2ccc(NC(=O)Nc3cc(C(C)(C)C)on3)nc2)cn1. The molecule has 0 aliphatic heterocycles. The fourth-order valence-electron chi connectivity index (χ4n) is 2.47. The lowest BCUT2D eigenvalue weighted by Crippen LogP contribution is -2.27. The standard InChI is InChI=1S/C21H27N7O2/c1-20(2,3)15-9-17(28-30-15)26-19(29)25-16-8-7-13(10-22-16)14-11-23-18(24-12-14)27-21(4,5)6/h7-12H,1-6H3,(H,23,24,27)(H2,22,25,26,28,29). The summed E-state index contributed by atoms with van der Waals surface area (Å²) in [7, 11) is 0. The number of rotatable bonds is 4. The van der Waals surface area contributed by atoms with E-state index in [1.807, 2.05) is 47.6 Å². The van der Waals surface area contributed by atoms with Gasteiger partial charge in [-0.25, -0.2) is 19.7 Å². The van der Waals surface area contributed by atoms with Crippen LogP contribution in [-0.2, 0) is 5.41 Å². The summed E-state index contributed by atoms with van der Waals surface area (Å²) in [6.07, 6.45) is 5.11. The van der Waals surface area contributed by atoms with Gasteiger partial charge in [0.2, 0.25) is 5.95 Å². The molecule has 0 radical (unpaired) electrons. The molecular weight excluding hydrogens is 382 g/mol.